The third-order valence-corrected chi connectivity index (χ3v) is 5.40. The molecule has 0 unspecified atom stereocenters. The van der Waals surface area contributed by atoms with Crippen LogP contribution in [0.1, 0.15) is 57.4 Å². The average Bonchev–Trinajstić information content (AvgIpc) is 2.54. The van der Waals surface area contributed by atoms with Gasteiger partial charge in [0.1, 0.15) is 5.75 Å². The minimum atomic E-state index is -3.88. The van der Waals surface area contributed by atoms with Gasteiger partial charge in [0, 0.05) is 6.54 Å². The van der Waals surface area contributed by atoms with Crippen LogP contribution in [-0.4, -0.2) is 29.1 Å². The summed E-state index contributed by atoms with van der Waals surface area (Å²) < 4.78 is 17.5. The Morgan fingerprint density at radius 1 is 1.12 bits per heavy atom. The Morgan fingerprint density at radius 2 is 1.84 bits per heavy atom. The Bertz CT molecular complexity index is 536. The molecule has 3 N–H and O–H groups in total. The molecular formula is C18H31BrNO4P. The van der Waals surface area contributed by atoms with Gasteiger partial charge in [-0.25, -0.2) is 0 Å². The minimum Gasteiger partial charge on any atom is -0.492 e. The summed E-state index contributed by atoms with van der Waals surface area (Å²) in [5, 5.41) is 3.19. The first kappa shape index (κ1) is 22.7. The van der Waals surface area contributed by atoms with Gasteiger partial charge in [0.25, 0.3) is 0 Å². The molecule has 0 aliphatic rings. The van der Waals surface area contributed by atoms with Crippen LogP contribution in [-0.2, 0) is 11.1 Å². The molecule has 1 rings (SSSR count). The fourth-order valence-corrected chi connectivity index (χ4v) is 3.59. The standard InChI is InChI=1S/C18H31BrNO4P/c1-2-3-4-5-6-7-12-24-18-10-9-16(14-17(18)19)15-20-11-8-13-25(21,22)23/h9-10,14,20H,2-8,11-13,15H2,1H3,(H2,21,22,23). The van der Waals surface area contributed by atoms with Gasteiger partial charge in [-0.15, -0.1) is 0 Å². The van der Waals surface area contributed by atoms with Crippen molar-refractivity contribution in [2.75, 3.05) is 19.3 Å². The monoisotopic (exact) mass is 435 g/mol. The first-order chi connectivity index (χ1) is 11.9. The third kappa shape index (κ3) is 11.8. The summed E-state index contributed by atoms with van der Waals surface area (Å²) in [4.78, 5) is 17.6. The number of nitrogens with one attached hydrogen (secondary N) is 1. The molecule has 0 fully saturated rings. The van der Waals surface area contributed by atoms with Crippen molar-refractivity contribution < 1.29 is 19.1 Å². The lowest BCUT2D eigenvalue weighted by Crippen LogP contribution is -2.15. The number of halogens is 1. The zero-order chi connectivity index (χ0) is 18.5. The van der Waals surface area contributed by atoms with E-state index in [4.69, 9.17) is 14.5 Å². The molecule has 1 aromatic carbocycles. The van der Waals surface area contributed by atoms with Crippen LogP contribution in [0.3, 0.4) is 0 Å². The first-order valence-corrected chi connectivity index (χ1v) is 11.7. The van der Waals surface area contributed by atoms with Crippen molar-refractivity contribution in [2.24, 2.45) is 0 Å². The van der Waals surface area contributed by atoms with Gasteiger partial charge in [0.15, 0.2) is 0 Å². The SMILES string of the molecule is CCCCCCCCOc1ccc(CNCCCP(=O)(O)O)cc1Br. The Hall–Kier alpha value is -0.390. The number of ether oxygens (including phenoxy) is 1. The van der Waals surface area contributed by atoms with E-state index in [1.54, 1.807) is 0 Å². The summed E-state index contributed by atoms with van der Waals surface area (Å²) in [6.45, 7) is 4.21. The van der Waals surface area contributed by atoms with E-state index in [2.05, 4.69) is 28.2 Å². The molecule has 5 nitrogen and oxygen atoms in total. The van der Waals surface area contributed by atoms with Crippen molar-refractivity contribution in [1.82, 2.24) is 5.32 Å². The predicted molar refractivity (Wildman–Crippen MR) is 106 cm³/mol. The highest BCUT2D eigenvalue weighted by atomic mass is 79.9. The summed E-state index contributed by atoms with van der Waals surface area (Å²) in [6, 6.07) is 6.00. The van der Waals surface area contributed by atoms with Crippen LogP contribution in [0.5, 0.6) is 5.75 Å². The van der Waals surface area contributed by atoms with E-state index >= 15 is 0 Å². The Morgan fingerprint density at radius 3 is 2.52 bits per heavy atom. The maximum Gasteiger partial charge on any atom is 0.325 e. The topological polar surface area (TPSA) is 78.8 Å². The highest BCUT2D eigenvalue weighted by molar-refractivity contribution is 9.10. The molecule has 0 spiro atoms. The Balaban J connectivity index is 2.21. The van der Waals surface area contributed by atoms with E-state index in [9.17, 15) is 4.57 Å². The van der Waals surface area contributed by atoms with E-state index in [0.717, 1.165) is 28.8 Å². The highest BCUT2D eigenvalue weighted by Crippen LogP contribution is 2.34. The van der Waals surface area contributed by atoms with Crippen LogP contribution in [0, 0.1) is 0 Å². The van der Waals surface area contributed by atoms with Crippen LogP contribution in [0.4, 0.5) is 0 Å². The second-order valence-corrected chi connectivity index (χ2v) is 8.93. The van der Waals surface area contributed by atoms with E-state index in [-0.39, 0.29) is 6.16 Å². The van der Waals surface area contributed by atoms with E-state index in [1.807, 2.05) is 18.2 Å². The maximum atomic E-state index is 10.8. The van der Waals surface area contributed by atoms with Gasteiger partial charge in [-0.2, -0.15) is 0 Å². The number of rotatable bonds is 14. The molecule has 0 radical (unpaired) electrons. The quantitative estimate of drug-likeness (QED) is 0.287. The summed E-state index contributed by atoms with van der Waals surface area (Å²) in [5.41, 5.74) is 1.11. The number of benzene rings is 1. The van der Waals surface area contributed by atoms with Crippen LogP contribution in [0.2, 0.25) is 0 Å². The molecule has 0 aromatic heterocycles. The van der Waals surface area contributed by atoms with Gasteiger partial charge in [-0.05, 0) is 53.0 Å². The van der Waals surface area contributed by atoms with E-state index in [0.29, 0.717) is 19.5 Å². The molecule has 25 heavy (non-hydrogen) atoms. The molecule has 0 heterocycles. The Labute approximate surface area is 159 Å². The van der Waals surface area contributed by atoms with Crippen LogP contribution < -0.4 is 10.1 Å². The van der Waals surface area contributed by atoms with Gasteiger partial charge in [-0.3, -0.25) is 4.57 Å². The van der Waals surface area contributed by atoms with Crippen LogP contribution in [0.25, 0.3) is 0 Å². The zero-order valence-electron chi connectivity index (χ0n) is 15.0. The van der Waals surface area contributed by atoms with E-state index < -0.39 is 7.60 Å². The van der Waals surface area contributed by atoms with Crippen molar-refractivity contribution in [3.8, 4) is 5.75 Å². The fraction of sp³-hybridized carbons (Fsp3) is 0.667. The van der Waals surface area contributed by atoms with E-state index in [1.165, 1.54) is 32.1 Å². The number of hydrogen-bond acceptors (Lipinski definition) is 3. The highest BCUT2D eigenvalue weighted by Gasteiger charge is 2.11. The van der Waals surface area contributed by atoms with Crippen molar-refractivity contribution >= 4 is 23.5 Å². The van der Waals surface area contributed by atoms with Gasteiger partial charge in [0.05, 0.1) is 17.2 Å². The van der Waals surface area contributed by atoms with Crippen LogP contribution in [0.15, 0.2) is 22.7 Å². The fourth-order valence-electron chi connectivity index (χ4n) is 2.48. The first-order valence-electron chi connectivity index (χ1n) is 9.09. The normalized spacial score (nSPS) is 11.7. The van der Waals surface area contributed by atoms with Crippen molar-refractivity contribution in [2.45, 2.75) is 58.4 Å². The molecule has 0 amide bonds. The summed E-state index contributed by atoms with van der Waals surface area (Å²) >= 11 is 3.54. The van der Waals surface area contributed by atoms with Gasteiger partial charge in [-0.1, -0.05) is 45.1 Å². The number of hydrogen-bond donors (Lipinski definition) is 3. The molecule has 0 saturated carbocycles. The lowest BCUT2D eigenvalue weighted by molar-refractivity contribution is 0.302. The van der Waals surface area contributed by atoms with Crippen molar-refractivity contribution in [3.05, 3.63) is 28.2 Å². The van der Waals surface area contributed by atoms with Crippen molar-refractivity contribution in [1.29, 1.82) is 0 Å². The van der Waals surface area contributed by atoms with Crippen molar-refractivity contribution in [3.63, 3.8) is 0 Å². The second-order valence-electron chi connectivity index (χ2n) is 6.30. The third-order valence-electron chi connectivity index (χ3n) is 3.88. The molecule has 1 aromatic rings. The van der Waals surface area contributed by atoms with Gasteiger partial charge in [0.2, 0.25) is 0 Å². The molecule has 0 aliphatic carbocycles. The molecule has 0 saturated heterocycles. The Kier molecular flexibility index (Phi) is 11.7. The maximum absolute atomic E-state index is 10.8. The zero-order valence-corrected chi connectivity index (χ0v) is 17.5. The molecular weight excluding hydrogens is 405 g/mol. The smallest absolute Gasteiger partial charge is 0.325 e. The van der Waals surface area contributed by atoms with Gasteiger partial charge < -0.3 is 19.8 Å². The number of unbranched alkanes of at least 4 members (excludes halogenated alkanes) is 5. The molecule has 0 aliphatic heterocycles. The summed E-state index contributed by atoms with van der Waals surface area (Å²) in [5.74, 6) is 0.860. The summed E-state index contributed by atoms with van der Waals surface area (Å²) in [6.07, 6.45) is 7.88. The molecule has 144 valence electrons. The van der Waals surface area contributed by atoms with Gasteiger partial charge >= 0.3 is 7.60 Å². The van der Waals surface area contributed by atoms with Crippen LogP contribution >= 0.6 is 23.5 Å². The predicted octanol–water partition coefficient (Wildman–Crippen LogP) is 4.85. The molecule has 0 bridgehead atoms. The minimum absolute atomic E-state index is 0.0745. The molecule has 7 heteroatoms. The lowest BCUT2D eigenvalue weighted by atomic mass is 10.1. The second kappa shape index (κ2) is 12.9. The summed E-state index contributed by atoms with van der Waals surface area (Å²) in [7, 11) is -3.88. The average molecular weight is 436 g/mol. The molecule has 0 atom stereocenters. The lowest BCUT2D eigenvalue weighted by Gasteiger charge is -2.11. The largest absolute Gasteiger partial charge is 0.492 e.